The van der Waals surface area contributed by atoms with Gasteiger partial charge >= 0.3 is 6.03 Å². The largest absolute Gasteiger partial charge is 0.468 e. The third-order valence-electron chi connectivity index (χ3n) is 3.20. The highest BCUT2D eigenvalue weighted by atomic mass is 16.3. The Morgan fingerprint density at radius 1 is 1.50 bits per heavy atom. The number of aromatic nitrogens is 2. The van der Waals surface area contributed by atoms with Gasteiger partial charge in [0.25, 0.3) is 5.56 Å². The number of hydrogen-bond acceptors (Lipinski definition) is 5. The van der Waals surface area contributed by atoms with E-state index < -0.39 is 6.03 Å². The van der Waals surface area contributed by atoms with E-state index >= 15 is 0 Å². The highest BCUT2D eigenvalue weighted by molar-refractivity contribution is 5.87. The van der Waals surface area contributed by atoms with Crippen molar-refractivity contribution in [1.29, 1.82) is 0 Å². The molecule has 0 radical (unpaired) electrons. The molecule has 2 aromatic heterocycles. The van der Waals surface area contributed by atoms with E-state index in [9.17, 15) is 9.59 Å². The van der Waals surface area contributed by atoms with Crippen molar-refractivity contribution in [3.63, 3.8) is 0 Å². The summed E-state index contributed by atoms with van der Waals surface area (Å²) in [5.74, 6) is 0.737. The number of carbonyl (C=O) groups excluding carboxylic acids is 1. The van der Waals surface area contributed by atoms with Gasteiger partial charge in [0.15, 0.2) is 0 Å². The first-order chi connectivity index (χ1) is 10.5. The van der Waals surface area contributed by atoms with Crippen molar-refractivity contribution < 1.29 is 9.21 Å². The first-order valence-electron chi connectivity index (χ1n) is 6.75. The lowest BCUT2D eigenvalue weighted by Gasteiger charge is -2.22. The summed E-state index contributed by atoms with van der Waals surface area (Å²) in [5.41, 5.74) is -0.368. The molecule has 8 nitrogen and oxygen atoms in total. The lowest BCUT2D eigenvalue weighted by molar-refractivity contribution is 0.233. The fourth-order valence-electron chi connectivity index (χ4n) is 1.94. The number of furan rings is 1. The zero-order valence-electron chi connectivity index (χ0n) is 12.7. The maximum atomic E-state index is 11.9. The topological polar surface area (TPSA) is 92.4 Å². The number of aryl methyl sites for hydroxylation is 1. The summed E-state index contributed by atoms with van der Waals surface area (Å²) in [6.07, 6.45) is 4.55. The number of nitrogens with one attached hydrogen (secondary N) is 2. The van der Waals surface area contributed by atoms with E-state index in [0.29, 0.717) is 6.54 Å². The van der Waals surface area contributed by atoms with Gasteiger partial charge in [-0.3, -0.25) is 15.0 Å². The van der Waals surface area contributed by atoms with Crippen molar-refractivity contribution in [3.05, 3.63) is 46.9 Å². The number of hydrogen-bond donors (Lipinski definition) is 2. The standard InChI is InChI=1S/C14H19N5O3/c1-18(2)10(11-5-4-8-22-11)9-16-14(21)17-12-13(20)19(3)7-6-15-12/h4-8,10H,9H2,1-3H3,(H2,15,16,17,21)/t10-/m1/s1. The van der Waals surface area contributed by atoms with Crippen LogP contribution in [0.2, 0.25) is 0 Å². The molecular formula is C14H19N5O3. The lowest BCUT2D eigenvalue weighted by Crippen LogP contribution is -2.38. The number of amides is 2. The van der Waals surface area contributed by atoms with E-state index in [1.807, 2.05) is 25.1 Å². The van der Waals surface area contributed by atoms with Gasteiger partial charge in [0, 0.05) is 26.0 Å². The molecule has 2 rings (SSSR count). The van der Waals surface area contributed by atoms with Gasteiger partial charge in [-0.15, -0.1) is 0 Å². The van der Waals surface area contributed by atoms with Crippen LogP contribution in [0.4, 0.5) is 10.6 Å². The molecular weight excluding hydrogens is 286 g/mol. The Kier molecular flexibility index (Phi) is 4.95. The van der Waals surface area contributed by atoms with Gasteiger partial charge in [0.1, 0.15) is 5.76 Å². The molecule has 0 saturated heterocycles. The highest BCUT2D eigenvalue weighted by Gasteiger charge is 2.18. The molecule has 0 spiro atoms. The molecule has 2 amide bonds. The highest BCUT2D eigenvalue weighted by Crippen LogP contribution is 2.17. The van der Waals surface area contributed by atoms with Crippen molar-refractivity contribution >= 4 is 11.8 Å². The molecule has 0 aliphatic carbocycles. The molecule has 0 bridgehead atoms. The van der Waals surface area contributed by atoms with Crippen LogP contribution in [-0.4, -0.2) is 41.1 Å². The van der Waals surface area contributed by atoms with Crippen LogP contribution in [0, 0.1) is 0 Å². The maximum Gasteiger partial charge on any atom is 0.320 e. The lowest BCUT2D eigenvalue weighted by atomic mass is 10.2. The number of rotatable bonds is 5. The van der Waals surface area contributed by atoms with Gasteiger partial charge in [0.05, 0.1) is 12.3 Å². The number of carbonyl (C=O) groups is 1. The Bertz CT molecular complexity index is 678. The summed E-state index contributed by atoms with van der Waals surface area (Å²) in [6.45, 7) is 0.333. The van der Waals surface area contributed by atoms with E-state index in [2.05, 4.69) is 15.6 Å². The smallest absolute Gasteiger partial charge is 0.320 e. The van der Waals surface area contributed by atoms with Gasteiger partial charge in [0.2, 0.25) is 5.82 Å². The number of likely N-dealkylation sites (N-methyl/N-ethyl adjacent to an activating group) is 1. The van der Waals surface area contributed by atoms with Crippen LogP contribution >= 0.6 is 0 Å². The summed E-state index contributed by atoms with van der Waals surface area (Å²) in [5, 5.41) is 5.15. The fraction of sp³-hybridized carbons (Fsp3) is 0.357. The van der Waals surface area contributed by atoms with Gasteiger partial charge in [-0.25, -0.2) is 9.78 Å². The quantitative estimate of drug-likeness (QED) is 0.852. The maximum absolute atomic E-state index is 11.9. The molecule has 0 aromatic carbocycles. The normalized spacial score (nSPS) is 12.2. The Morgan fingerprint density at radius 3 is 2.91 bits per heavy atom. The van der Waals surface area contributed by atoms with E-state index in [1.165, 1.54) is 17.0 Å². The zero-order valence-corrected chi connectivity index (χ0v) is 12.7. The van der Waals surface area contributed by atoms with Gasteiger partial charge in [-0.2, -0.15) is 0 Å². The molecule has 0 aliphatic rings. The second-order valence-electron chi connectivity index (χ2n) is 5.02. The minimum absolute atomic E-state index is 0.0121. The molecule has 2 N–H and O–H groups in total. The van der Waals surface area contributed by atoms with Crippen molar-refractivity contribution in [2.24, 2.45) is 7.05 Å². The average Bonchev–Trinajstić information content (AvgIpc) is 2.98. The first kappa shape index (κ1) is 15.8. The van der Waals surface area contributed by atoms with Crippen molar-refractivity contribution in [3.8, 4) is 0 Å². The van der Waals surface area contributed by atoms with Crippen LogP contribution in [0.3, 0.4) is 0 Å². The third-order valence-corrected chi connectivity index (χ3v) is 3.20. The van der Waals surface area contributed by atoms with Crippen LogP contribution < -0.4 is 16.2 Å². The summed E-state index contributed by atoms with van der Waals surface area (Å²) in [4.78, 5) is 29.5. The molecule has 22 heavy (non-hydrogen) atoms. The Labute approximate surface area is 127 Å². The predicted molar refractivity (Wildman–Crippen MR) is 81.6 cm³/mol. The molecule has 0 aliphatic heterocycles. The second kappa shape index (κ2) is 6.90. The van der Waals surface area contributed by atoms with Crippen LogP contribution in [-0.2, 0) is 7.05 Å². The molecule has 0 fully saturated rings. The number of anilines is 1. The van der Waals surface area contributed by atoms with E-state index in [4.69, 9.17) is 4.42 Å². The summed E-state index contributed by atoms with van der Waals surface area (Å²) in [7, 11) is 5.37. The molecule has 0 saturated carbocycles. The second-order valence-corrected chi connectivity index (χ2v) is 5.02. The Hall–Kier alpha value is -2.61. The van der Waals surface area contributed by atoms with Crippen LogP contribution in [0.15, 0.2) is 40.0 Å². The van der Waals surface area contributed by atoms with E-state index in [1.54, 1.807) is 19.4 Å². The summed E-state index contributed by atoms with van der Waals surface area (Å²) >= 11 is 0. The van der Waals surface area contributed by atoms with Crippen LogP contribution in [0.25, 0.3) is 0 Å². The minimum atomic E-state index is -0.491. The van der Waals surface area contributed by atoms with E-state index in [0.717, 1.165) is 5.76 Å². The SMILES string of the molecule is CN(C)[C@H](CNC(=O)Nc1nccn(C)c1=O)c1ccco1. The van der Waals surface area contributed by atoms with Crippen molar-refractivity contribution in [2.45, 2.75) is 6.04 Å². The number of urea groups is 1. The fourth-order valence-corrected chi connectivity index (χ4v) is 1.94. The Morgan fingerprint density at radius 2 is 2.27 bits per heavy atom. The van der Waals surface area contributed by atoms with Crippen molar-refractivity contribution in [1.82, 2.24) is 19.8 Å². The molecule has 8 heteroatoms. The third kappa shape index (κ3) is 3.73. The molecule has 2 aromatic rings. The summed E-state index contributed by atoms with van der Waals surface area (Å²) in [6, 6.07) is 3.05. The predicted octanol–water partition coefficient (Wildman–Crippen LogP) is 0.798. The van der Waals surface area contributed by atoms with Crippen molar-refractivity contribution in [2.75, 3.05) is 26.0 Å². The van der Waals surface area contributed by atoms with Crippen LogP contribution in [0.5, 0.6) is 0 Å². The van der Waals surface area contributed by atoms with E-state index in [-0.39, 0.29) is 17.4 Å². The molecule has 0 unspecified atom stereocenters. The molecule has 118 valence electrons. The summed E-state index contributed by atoms with van der Waals surface area (Å²) < 4.78 is 6.70. The first-order valence-corrected chi connectivity index (χ1v) is 6.75. The monoisotopic (exact) mass is 305 g/mol. The van der Waals surface area contributed by atoms with Gasteiger partial charge in [-0.05, 0) is 26.2 Å². The molecule has 1 atom stereocenters. The average molecular weight is 305 g/mol. The molecule has 2 heterocycles. The Balaban J connectivity index is 1.97. The van der Waals surface area contributed by atoms with Crippen LogP contribution in [0.1, 0.15) is 11.8 Å². The zero-order chi connectivity index (χ0) is 16.1. The van der Waals surface area contributed by atoms with Gasteiger partial charge in [-0.1, -0.05) is 0 Å². The van der Waals surface area contributed by atoms with Gasteiger partial charge < -0.3 is 14.3 Å². The number of nitrogens with zero attached hydrogens (tertiary/aromatic N) is 3. The minimum Gasteiger partial charge on any atom is -0.468 e.